The second-order valence-electron chi connectivity index (χ2n) is 1.36. The zero-order valence-corrected chi connectivity index (χ0v) is 6.64. The lowest BCUT2D eigenvalue weighted by Crippen LogP contribution is -2.07. The number of rotatable bonds is 3. The van der Waals surface area contributed by atoms with E-state index in [1.807, 2.05) is 22.6 Å². The Morgan fingerprint density at radius 1 is 1.38 bits per heavy atom. The van der Waals surface area contributed by atoms with Crippen molar-refractivity contribution in [1.29, 1.82) is 0 Å². The molecule has 0 aromatic heterocycles. The summed E-state index contributed by atoms with van der Waals surface area (Å²) in [6, 6.07) is 0. The van der Waals surface area contributed by atoms with Gasteiger partial charge in [-0.25, -0.2) is 4.39 Å². The maximum absolute atomic E-state index is 12.3. The van der Waals surface area contributed by atoms with Crippen LogP contribution in [-0.2, 0) is 0 Å². The summed E-state index contributed by atoms with van der Waals surface area (Å²) in [5.74, 6) is 0. The third-order valence-electron chi connectivity index (χ3n) is 0.755. The van der Waals surface area contributed by atoms with E-state index in [0.29, 0.717) is 0 Å². The van der Waals surface area contributed by atoms with E-state index in [9.17, 15) is 4.39 Å². The molecule has 0 aliphatic carbocycles. The Labute approximate surface area is 62.6 Å². The first-order valence-electron chi connectivity index (χ1n) is 2.25. The van der Waals surface area contributed by atoms with Crippen molar-refractivity contribution in [1.82, 2.24) is 0 Å². The first-order valence-corrected chi connectivity index (χ1v) is 3.50. The molecule has 0 N–H and O–H groups in total. The molecule has 0 radical (unpaired) electrons. The van der Waals surface area contributed by atoms with Gasteiger partial charge in [0.1, 0.15) is 6.17 Å². The van der Waals surface area contributed by atoms with E-state index >= 15 is 0 Å². The van der Waals surface area contributed by atoms with Gasteiger partial charge in [0.25, 0.3) is 0 Å². The lowest BCUT2D eigenvalue weighted by Gasteiger charge is -2.03. The van der Waals surface area contributed by atoms with Gasteiger partial charge in [-0.15, -0.1) is 13.2 Å². The second-order valence-corrected chi connectivity index (χ2v) is 2.80. The van der Waals surface area contributed by atoms with E-state index < -0.39 is 6.17 Å². The molecule has 46 valence electrons. The van der Waals surface area contributed by atoms with Crippen LogP contribution in [0.5, 0.6) is 0 Å². The molecule has 0 heterocycles. The van der Waals surface area contributed by atoms with Crippen LogP contribution >= 0.6 is 22.6 Å². The summed E-state index contributed by atoms with van der Waals surface area (Å²) in [6.07, 6.45) is 1.89. The molecule has 0 saturated heterocycles. The fourth-order valence-corrected chi connectivity index (χ4v) is 0.554. The molecule has 0 aliphatic rings. The first kappa shape index (κ1) is 8.14. The predicted octanol–water partition coefficient (Wildman–Crippen LogP) is 2.50. The van der Waals surface area contributed by atoms with Crippen LogP contribution in [0.1, 0.15) is 0 Å². The van der Waals surface area contributed by atoms with Gasteiger partial charge in [0, 0.05) is 0 Å². The SMILES string of the molecule is C=CC(F)C(I)C=C. The molecule has 0 fully saturated rings. The summed E-state index contributed by atoms with van der Waals surface area (Å²) in [5, 5.41) is 0. The van der Waals surface area contributed by atoms with E-state index in [1.165, 1.54) is 6.08 Å². The quantitative estimate of drug-likeness (QED) is 0.394. The van der Waals surface area contributed by atoms with Crippen LogP contribution in [-0.4, -0.2) is 10.1 Å². The summed E-state index contributed by atoms with van der Waals surface area (Å²) in [6.45, 7) is 6.74. The highest BCUT2D eigenvalue weighted by molar-refractivity contribution is 14.1. The summed E-state index contributed by atoms with van der Waals surface area (Å²) in [7, 11) is 0. The molecule has 2 unspecified atom stereocenters. The van der Waals surface area contributed by atoms with Gasteiger partial charge in [0.2, 0.25) is 0 Å². The van der Waals surface area contributed by atoms with Crippen LogP contribution in [0.2, 0.25) is 0 Å². The number of hydrogen-bond acceptors (Lipinski definition) is 0. The van der Waals surface area contributed by atoms with Crippen LogP contribution in [0.15, 0.2) is 25.3 Å². The van der Waals surface area contributed by atoms with Gasteiger partial charge in [-0.3, -0.25) is 0 Å². The van der Waals surface area contributed by atoms with E-state index in [0.717, 1.165) is 0 Å². The monoisotopic (exact) mass is 226 g/mol. The Kier molecular flexibility index (Phi) is 4.13. The predicted molar refractivity (Wildman–Crippen MR) is 43.1 cm³/mol. The molecule has 0 rings (SSSR count). The van der Waals surface area contributed by atoms with Gasteiger partial charge in [0.15, 0.2) is 0 Å². The third kappa shape index (κ3) is 2.45. The molecule has 0 aromatic rings. The molecule has 0 saturated carbocycles. The average Bonchev–Trinajstić information content (AvgIpc) is 1.84. The highest BCUT2D eigenvalue weighted by Gasteiger charge is 2.07. The van der Waals surface area contributed by atoms with Gasteiger partial charge in [-0.2, -0.15) is 0 Å². The normalized spacial score (nSPS) is 16.8. The number of alkyl halides is 2. The van der Waals surface area contributed by atoms with Crippen molar-refractivity contribution in [3.05, 3.63) is 25.3 Å². The molecule has 0 bridgehead atoms. The van der Waals surface area contributed by atoms with Crippen LogP contribution in [0.3, 0.4) is 0 Å². The molecule has 0 aliphatic heterocycles. The summed E-state index contributed by atoms with van der Waals surface area (Å²) in [4.78, 5) is 0. The van der Waals surface area contributed by atoms with Gasteiger partial charge >= 0.3 is 0 Å². The summed E-state index contributed by atoms with van der Waals surface area (Å²) < 4.78 is 12.2. The third-order valence-corrected chi connectivity index (χ3v) is 1.95. The van der Waals surface area contributed by atoms with Crippen LogP contribution < -0.4 is 0 Å². The fourth-order valence-electron chi connectivity index (χ4n) is 0.260. The molecule has 0 spiro atoms. The van der Waals surface area contributed by atoms with Crippen molar-refractivity contribution in [2.75, 3.05) is 0 Å². The minimum atomic E-state index is -0.951. The molecule has 2 atom stereocenters. The van der Waals surface area contributed by atoms with Crippen molar-refractivity contribution >= 4 is 22.6 Å². The van der Waals surface area contributed by atoms with E-state index in [-0.39, 0.29) is 3.92 Å². The number of allylic oxidation sites excluding steroid dienone is 2. The summed E-state index contributed by atoms with van der Waals surface area (Å²) in [5.41, 5.74) is 0. The number of halogens is 2. The standard InChI is InChI=1S/C6H8FI/c1-3-5(7)6(8)4-2/h3-6H,1-2H2. The van der Waals surface area contributed by atoms with E-state index in [2.05, 4.69) is 13.2 Å². The lowest BCUT2D eigenvalue weighted by molar-refractivity contribution is 0.418. The molecule has 0 amide bonds. The Bertz CT molecular complexity index is 78.5. The topological polar surface area (TPSA) is 0 Å². The Hall–Kier alpha value is 0.140. The largest absolute Gasteiger partial charge is 0.241 e. The Balaban J connectivity index is 3.60. The smallest absolute Gasteiger partial charge is 0.133 e. The maximum atomic E-state index is 12.3. The van der Waals surface area contributed by atoms with Crippen molar-refractivity contribution in [3.63, 3.8) is 0 Å². The zero-order chi connectivity index (χ0) is 6.57. The van der Waals surface area contributed by atoms with Crippen molar-refractivity contribution in [3.8, 4) is 0 Å². The minimum Gasteiger partial charge on any atom is -0.241 e. The first-order chi connectivity index (χ1) is 3.72. The molecular weight excluding hydrogens is 218 g/mol. The van der Waals surface area contributed by atoms with Crippen molar-refractivity contribution in [2.24, 2.45) is 0 Å². The van der Waals surface area contributed by atoms with E-state index in [4.69, 9.17) is 0 Å². The molecule has 8 heavy (non-hydrogen) atoms. The van der Waals surface area contributed by atoms with Gasteiger partial charge in [-0.05, 0) is 0 Å². The van der Waals surface area contributed by atoms with Gasteiger partial charge in [-0.1, -0.05) is 34.7 Å². The zero-order valence-electron chi connectivity index (χ0n) is 4.48. The molecule has 0 aromatic carbocycles. The van der Waals surface area contributed by atoms with Gasteiger partial charge in [0.05, 0.1) is 3.92 Å². The average molecular weight is 226 g/mol. The highest BCUT2D eigenvalue weighted by Crippen LogP contribution is 2.11. The fraction of sp³-hybridized carbons (Fsp3) is 0.333. The van der Waals surface area contributed by atoms with Crippen LogP contribution in [0.25, 0.3) is 0 Å². The lowest BCUT2D eigenvalue weighted by atomic mass is 10.3. The molecular formula is C6H8FI. The van der Waals surface area contributed by atoms with Crippen LogP contribution in [0, 0.1) is 0 Å². The van der Waals surface area contributed by atoms with Crippen molar-refractivity contribution in [2.45, 2.75) is 10.1 Å². The van der Waals surface area contributed by atoms with Crippen LogP contribution in [0.4, 0.5) is 4.39 Å². The van der Waals surface area contributed by atoms with Crippen molar-refractivity contribution < 1.29 is 4.39 Å². The highest BCUT2D eigenvalue weighted by atomic mass is 127. The maximum Gasteiger partial charge on any atom is 0.133 e. The second kappa shape index (κ2) is 4.06. The van der Waals surface area contributed by atoms with E-state index in [1.54, 1.807) is 6.08 Å². The number of hydrogen-bond donors (Lipinski definition) is 0. The Morgan fingerprint density at radius 3 is 2.00 bits per heavy atom. The Morgan fingerprint density at radius 2 is 1.88 bits per heavy atom. The summed E-state index contributed by atoms with van der Waals surface area (Å²) >= 11 is 1.97. The molecule has 0 nitrogen and oxygen atoms in total. The van der Waals surface area contributed by atoms with Gasteiger partial charge < -0.3 is 0 Å². The minimum absolute atomic E-state index is 0.134. The molecule has 2 heteroatoms.